The highest BCUT2D eigenvalue weighted by atomic mass is 32.1. The number of hydrogen-bond acceptors (Lipinski definition) is 4. The minimum Gasteiger partial charge on any atom is -0.493 e. The molecule has 0 saturated heterocycles. The Kier molecular flexibility index (Phi) is 4.10. The number of carbonyl (C=O) groups is 1. The molecule has 2 heterocycles. The zero-order chi connectivity index (χ0) is 16.5. The second-order valence-electron chi connectivity index (χ2n) is 6.18. The molecule has 5 nitrogen and oxygen atoms in total. The number of benzene rings is 1. The standard InChI is InChI=1S/C17H18FN3O2S/c18-11-5-6-12-13(2-1-7-23-15(12)8-11)19-16(22)21-17-20-14(9-24-17)10-3-4-10/h5-6,8-10,13H,1-4,7H2,(H2,19,20,21,22). The number of anilines is 1. The van der Waals surface area contributed by atoms with E-state index < -0.39 is 0 Å². The zero-order valence-corrected chi connectivity index (χ0v) is 13.9. The molecule has 4 rings (SSSR count). The average molecular weight is 347 g/mol. The van der Waals surface area contributed by atoms with Crippen LogP contribution in [0.25, 0.3) is 0 Å². The molecule has 1 aliphatic carbocycles. The van der Waals surface area contributed by atoms with E-state index in [0.717, 1.165) is 24.1 Å². The van der Waals surface area contributed by atoms with Gasteiger partial charge in [0.2, 0.25) is 0 Å². The molecule has 1 aromatic heterocycles. The van der Waals surface area contributed by atoms with Crippen molar-refractivity contribution in [3.05, 3.63) is 40.7 Å². The monoisotopic (exact) mass is 347 g/mol. The van der Waals surface area contributed by atoms with E-state index in [4.69, 9.17) is 4.74 Å². The van der Waals surface area contributed by atoms with E-state index in [1.807, 2.05) is 5.38 Å². The van der Waals surface area contributed by atoms with Crippen LogP contribution < -0.4 is 15.4 Å². The number of urea groups is 1. The predicted molar refractivity (Wildman–Crippen MR) is 90.1 cm³/mol. The number of ether oxygens (including phenoxy) is 1. The van der Waals surface area contributed by atoms with Crippen LogP contribution in [0.15, 0.2) is 23.6 Å². The fourth-order valence-electron chi connectivity index (χ4n) is 2.90. The van der Waals surface area contributed by atoms with Crippen molar-refractivity contribution in [1.29, 1.82) is 0 Å². The summed E-state index contributed by atoms with van der Waals surface area (Å²) in [4.78, 5) is 16.7. The largest absolute Gasteiger partial charge is 0.493 e. The summed E-state index contributed by atoms with van der Waals surface area (Å²) in [6.07, 6.45) is 3.91. The van der Waals surface area contributed by atoms with Crippen molar-refractivity contribution in [2.75, 3.05) is 11.9 Å². The van der Waals surface area contributed by atoms with E-state index in [2.05, 4.69) is 15.6 Å². The molecule has 7 heteroatoms. The van der Waals surface area contributed by atoms with E-state index in [9.17, 15) is 9.18 Å². The van der Waals surface area contributed by atoms with E-state index in [0.29, 0.717) is 23.4 Å². The normalized spacial score (nSPS) is 19.8. The van der Waals surface area contributed by atoms with Crippen molar-refractivity contribution in [3.8, 4) is 5.75 Å². The smallest absolute Gasteiger partial charge is 0.321 e. The number of carbonyl (C=O) groups excluding carboxylic acids is 1. The van der Waals surface area contributed by atoms with Crippen LogP contribution >= 0.6 is 11.3 Å². The predicted octanol–water partition coefficient (Wildman–Crippen LogP) is 4.20. The summed E-state index contributed by atoms with van der Waals surface area (Å²) < 4.78 is 19.0. The molecule has 1 fully saturated rings. The molecule has 2 amide bonds. The van der Waals surface area contributed by atoms with E-state index in [1.165, 1.54) is 36.3 Å². The van der Waals surface area contributed by atoms with Crippen LogP contribution in [0, 0.1) is 5.82 Å². The Morgan fingerprint density at radius 3 is 3.04 bits per heavy atom. The molecule has 0 spiro atoms. The maximum absolute atomic E-state index is 13.4. The number of amides is 2. The third kappa shape index (κ3) is 3.36. The Morgan fingerprint density at radius 2 is 2.21 bits per heavy atom. The first-order valence-electron chi connectivity index (χ1n) is 8.14. The maximum atomic E-state index is 13.4. The third-order valence-electron chi connectivity index (χ3n) is 4.29. The number of halogens is 1. The Bertz CT molecular complexity index is 760. The first kappa shape index (κ1) is 15.4. The van der Waals surface area contributed by atoms with Crippen molar-refractivity contribution in [2.45, 2.75) is 37.6 Å². The van der Waals surface area contributed by atoms with Crippen molar-refractivity contribution in [2.24, 2.45) is 0 Å². The fourth-order valence-corrected chi connectivity index (χ4v) is 3.68. The summed E-state index contributed by atoms with van der Waals surface area (Å²) in [6, 6.07) is 3.94. The first-order chi connectivity index (χ1) is 11.7. The molecule has 2 N–H and O–H groups in total. The Morgan fingerprint density at radius 1 is 1.33 bits per heavy atom. The van der Waals surface area contributed by atoms with Gasteiger partial charge in [0.1, 0.15) is 11.6 Å². The molecule has 1 atom stereocenters. The van der Waals surface area contributed by atoms with Crippen molar-refractivity contribution in [3.63, 3.8) is 0 Å². The van der Waals surface area contributed by atoms with E-state index in [1.54, 1.807) is 6.07 Å². The lowest BCUT2D eigenvalue weighted by Gasteiger charge is -2.18. The second-order valence-corrected chi connectivity index (χ2v) is 7.03. The molecule has 126 valence electrons. The highest BCUT2D eigenvalue weighted by molar-refractivity contribution is 7.13. The van der Waals surface area contributed by atoms with Gasteiger partial charge in [-0.2, -0.15) is 0 Å². The Balaban J connectivity index is 1.44. The van der Waals surface area contributed by atoms with Crippen LogP contribution in [0.4, 0.5) is 14.3 Å². The summed E-state index contributed by atoms with van der Waals surface area (Å²) in [5, 5.41) is 8.36. The van der Waals surface area contributed by atoms with Gasteiger partial charge in [-0.05, 0) is 31.7 Å². The number of nitrogens with zero attached hydrogens (tertiary/aromatic N) is 1. The highest BCUT2D eigenvalue weighted by Gasteiger charge is 2.27. The quantitative estimate of drug-likeness (QED) is 0.875. The molecular formula is C17H18FN3O2S. The summed E-state index contributed by atoms with van der Waals surface area (Å²) in [5.41, 5.74) is 1.88. The van der Waals surface area contributed by atoms with Gasteiger partial charge >= 0.3 is 6.03 Å². The topological polar surface area (TPSA) is 63.2 Å². The number of hydrogen-bond donors (Lipinski definition) is 2. The van der Waals surface area contributed by atoms with Crippen LogP contribution in [0.1, 0.15) is 48.9 Å². The molecule has 0 radical (unpaired) electrons. The first-order valence-corrected chi connectivity index (χ1v) is 9.02. The summed E-state index contributed by atoms with van der Waals surface area (Å²) in [5.74, 6) is 0.734. The fraction of sp³-hybridized carbons (Fsp3) is 0.412. The van der Waals surface area contributed by atoms with Crippen LogP contribution in [0.2, 0.25) is 0 Å². The summed E-state index contributed by atoms with van der Waals surface area (Å²) in [6.45, 7) is 0.521. The molecule has 2 aromatic rings. The van der Waals surface area contributed by atoms with E-state index in [-0.39, 0.29) is 17.9 Å². The molecule has 1 unspecified atom stereocenters. The van der Waals surface area contributed by atoms with Crippen LogP contribution in [0.5, 0.6) is 5.75 Å². The number of rotatable bonds is 3. The lowest BCUT2D eigenvalue weighted by Crippen LogP contribution is -2.32. The lowest BCUT2D eigenvalue weighted by atomic mass is 10.0. The van der Waals surface area contributed by atoms with Crippen molar-refractivity contribution < 1.29 is 13.9 Å². The number of nitrogens with one attached hydrogen (secondary N) is 2. The molecule has 1 aromatic carbocycles. The number of fused-ring (bicyclic) bond motifs is 1. The average Bonchev–Trinajstić information content (AvgIpc) is 3.33. The Hall–Kier alpha value is -2.15. The van der Waals surface area contributed by atoms with Gasteiger partial charge in [-0.3, -0.25) is 5.32 Å². The molecule has 1 saturated carbocycles. The number of thiazole rings is 1. The molecule has 2 aliphatic rings. The third-order valence-corrected chi connectivity index (χ3v) is 5.07. The summed E-state index contributed by atoms with van der Waals surface area (Å²) in [7, 11) is 0. The number of aromatic nitrogens is 1. The highest BCUT2D eigenvalue weighted by Crippen LogP contribution is 2.41. The van der Waals surface area contributed by atoms with Crippen LogP contribution in [-0.2, 0) is 0 Å². The van der Waals surface area contributed by atoms with Gasteiger partial charge in [-0.25, -0.2) is 14.2 Å². The minimum absolute atomic E-state index is 0.203. The van der Waals surface area contributed by atoms with Gasteiger partial charge in [0.25, 0.3) is 0 Å². The summed E-state index contributed by atoms with van der Waals surface area (Å²) >= 11 is 1.44. The second kappa shape index (κ2) is 6.39. The van der Waals surface area contributed by atoms with Crippen molar-refractivity contribution >= 4 is 22.5 Å². The SMILES string of the molecule is O=C(Nc1nc(C2CC2)cs1)NC1CCCOc2cc(F)ccc21. The van der Waals surface area contributed by atoms with Gasteiger partial charge in [0.15, 0.2) is 5.13 Å². The Labute approximate surface area is 143 Å². The lowest BCUT2D eigenvalue weighted by molar-refractivity contribution is 0.247. The molecule has 0 bridgehead atoms. The molecule has 1 aliphatic heterocycles. The van der Waals surface area contributed by atoms with Crippen molar-refractivity contribution in [1.82, 2.24) is 10.3 Å². The minimum atomic E-state index is -0.339. The maximum Gasteiger partial charge on any atom is 0.321 e. The van der Waals surface area contributed by atoms with Gasteiger partial charge < -0.3 is 10.1 Å². The van der Waals surface area contributed by atoms with Gasteiger partial charge in [0.05, 0.1) is 18.3 Å². The van der Waals surface area contributed by atoms with E-state index >= 15 is 0 Å². The molecule has 24 heavy (non-hydrogen) atoms. The van der Waals surface area contributed by atoms with Gasteiger partial charge in [-0.1, -0.05) is 6.07 Å². The zero-order valence-electron chi connectivity index (χ0n) is 13.0. The van der Waals surface area contributed by atoms with Gasteiger partial charge in [-0.15, -0.1) is 11.3 Å². The van der Waals surface area contributed by atoms with Crippen LogP contribution in [0.3, 0.4) is 0 Å². The molecular weight excluding hydrogens is 329 g/mol. The van der Waals surface area contributed by atoms with Gasteiger partial charge in [0, 0.05) is 22.9 Å². The van der Waals surface area contributed by atoms with Crippen LogP contribution in [-0.4, -0.2) is 17.6 Å².